The van der Waals surface area contributed by atoms with Gasteiger partial charge in [-0.25, -0.2) is 0 Å². The van der Waals surface area contributed by atoms with Gasteiger partial charge in [0.15, 0.2) is 0 Å². The van der Waals surface area contributed by atoms with E-state index in [4.69, 9.17) is 5.73 Å². The van der Waals surface area contributed by atoms with Gasteiger partial charge in [0, 0.05) is 16.6 Å². The molecule has 0 spiro atoms. The molecule has 30 heavy (non-hydrogen) atoms. The second-order valence-electron chi connectivity index (χ2n) is 7.73. The van der Waals surface area contributed by atoms with E-state index in [0.29, 0.717) is 6.42 Å². The van der Waals surface area contributed by atoms with E-state index in [-0.39, 0.29) is 18.0 Å². The third-order valence-corrected chi connectivity index (χ3v) is 5.79. The number of rotatable bonds is 4. The smallest absolute Gasteiger partial charge is 0.234 e. The SMILES string of the molecule is NC(=O)[C@H]1Cc2c([nH]c3ccccc23)[C@@H](c2ccc(/C=C/c3ccccc3)cc2)N1. The number of fused-ring (bicyclic) bond motifs is 3. The molecule has 0 saturated heterocycles. The zero-order valence-corrected chi connectivity index (χ0v) is 16.5. The van der Waals surface area contributed by atoms with Crippen LogP contribution in [0.3, 0.4) is 0 Å². The van der Waals surface area contributed by atoms with Crippen LogP contribution in [0.2, 0.25) is 0 Å². The molecule has 0 aliphatic carbocycles. The summed E-state index contributed by atoms with van der Waals surface area (Å²) in [5.74, 6) is -0.321. The minimum Gasteiger partial charge on any atom is -0.368 e. The van der Waals surface area contributed by atoms with Crippen molar-refractivity contribution in [3.63, 3.8) is 0 Å². The molecule has 1 aliphatic heterocycles. The maximum absolute atomic E-state index is 12.0. The number of para-hydroxylation sites is 1. The molecule has 1 aromatic heterocycles. The van der Waals surface area contributed by atoms with E-state index in [1.807, 2.05) is 30.3 Å². The van der Waals surface area contributed by atoms with Crippen LogP contribution in [0.5, 0.6) is 0 Å². The standard InChI is InChI=1S/C26H23N3O/c27-26(30)23-16-21-20-8-4-5-9-22(20)28-25(21)24(29-23)19-14-12-18(13-15-19)11-10-17-6-2-1-3-7-17/h1-15,23-24,28-29H,16H2,(H2,27,30)/b11-10+/t23-,24-/m1/s1. The van der Waals surface area contributed by atoms with Gasteiger partial charge in [0.25, 0.3) is 0 Å². The van der Waals surface area contributed by atoms with Gasteiger partial charge in [-0.05, 0) is 34.7 Å². The number of nitrogens with two attached hydrogens (primary N) is 1. The van der Waals surface area contributed by atoms with Gasteiger partial charge < -0.3 is 10.7 Å². The van der Waals surface area contributed by atoms with Crippen LogP contribution in [0.4, 0.5) is 0 Å². The molecular weight excluding hydrogens is 370 g/mol. The average Bonchev–Trinajstić information content (AvgIpc) is 3.17. The lowest BCUT2D eigenvalue weighted by Gasteiger charge is -2.30. The number of carbonyl (C=O) groups is 1. The Morgan fingerprint density at radius 1 is 0.867 bits per heavy atom. The summed E-state index contributed by atoms with van der Waals surface area (Å²) in [6.07, 6.45) is 4.81. The second-order valence-corrected chi connectivity index (χ2v) is 7.73. The van der Waals surface area contributed by atoms with Crippen molar-refractivity contribution >= 4 is 29.0 Å². The molecule has 2 heterocycles. The summed E-state index contributed by atoms with van der Waals surface area (Å²) in [5, 5.41) is 4.60. The Bertz CT molecular complexity index is 1220. The van der Waals surface area contributed by atoms with Gasteiger partial charge in [-0.15, -0.1) is 0 Å². The van der Waals surface area contributed by atoms with Crippen molar-refractivity contribution in [3.8, 4) is 0 Å². The Hall–Kier alpha value is -3.63. The van der Waals surface area contributed by atoms with Crippen molar-refractivity contribution in [2.45, 2.75) is 18.5 Å². The predicted molar refractivity (Wildman–Crippen MR) is 122 cm³/mol. The molecule has 4 N–H and O–H groups in total. The lowest BCUT2D eigenvalue weighted by molar-refractivity contribution is -0.120. The van der Waals surface area contributed by atoms with E-state index >= 15 is 0 Å². The van der Waals surface area contributed by atoms with Gasteiger partial charge in [-0.2, -0.15) is 0 Å². The fourth-order valence-electron chi connectivity index (χ4n) is 4.24. The highest BCUT2D eigenvalue weighted by molar-refractivity contribution is 5.88. The van der Waals surface area contributed by atoms with Crippen molar-refractivity contribution in [3.05, 3.63) is 107 Å². The molecule has 1 amide bonds. The van der Waals surface area contributed by atoms with Crippen LogP contribution in [0.1, 0.15) is 34.0 Å². The average molecular weight is 393 g/mol. The maximum atomic E-state index is 12.0. The van der Waals surface area contributed by atoms with Gasteiger partial charge in [0.2, 0.25) is 5.91 Å². The minimum atomic E-state index is -0.389. The normalized spacial score (nSPS) is 18.5. The number of aromatic amines is 1. The Kier molecular flexibility index (Phi) is 4.69. The number of hydrogen-bond acceptors (Lipinski definition) is 2. The van der Waals surface area contributed by atoms with Crippen molar-refractivity contribution in [2.24, 2.45) is 5.73 Å². The van der Waals surface area contributed by atoms with Crippen molar-refractivity contribution in [1.82, 2.24) is 10.3 Å². The fraction of sp³-hybridized carbons (Fsp3) is 0.115. The highest BCUT2D eigenvalue weighted by atomic mass is 16.1. The second kappa shape index (κ2) is 7.65. The molecular formula is C26H23N3O. The van der Waals surface area contributed by atoms with Crippen LogP contribution < -0.4 is 11.1 Å². The predicted octanol–water partition coefficient (Wildman–Crippen LogP) is 4.43. The van der Waals surface area contributed by atoms with E-state index in [2.05, 4.69) is 71.0 Å². The Balaban J connectivity index is 1.49. The molecule has 4 nitrogen and oxygen atoms in total. The lowest BCUT2D eigenvalue weighted by Crippen LogP contribution is -2.48. The van der Waals surface area contributed by atoms with E-state index in [1.165, 1.54) is 11.1 Å². The van der Waals surface area contributed by atoms with E-state index in [9.17, 15) is 4.79 Å². The highest BCUT2D eigenvalue weighted by Gasteiger charge is 2.32. The molecule has 5 rings (SSSR count). The molecule has 148 valence electrons. The molecule has 1 aliphatic rings. The summed E-state index contributed by atoms with van der Waals surface area (Å²) < 4.78 is 0. The summed E-state index contributed by atoms with van der Waals surface area (Å²) in [5.41, 5.74) is 12.4. The molecule has 2 atom stereocenters. The first-order valence-electron chi connectivity index (χ1n) is 10.2. The first kappa shape index (κ1) is 18.4. The number of aromatic nitrogens is 1. The minimum absolute atomic E-state index is 0.106. The largest absolute Gasteiger partial charge is 0.368 e. The zero-order valence-electron chi connectivity index (χ0n) is 16.5. The highest BCUT2D eigenvalue weighted by Crippen LogP contribution is 2.35. The third kappa shape index (κ3) is 3.42. The molecule has 0 radical (unpaired) electrons. The number of hydrogen-bond donors (Lipinski definition) is 3. The summed E-state index contributed by atoms with van der Waals surface area (Å²) in [6, 6.07) is 26.4. The lowest BCUT2D eigenvalue weighted by atomic mass is 9.90. The van der Waals surface area contributed by atoms with Gasteiger partial charge in [-0.3, -0.25) is 10.1 Å². The van der Waals surface area contributed by atoms with Gasteiger partial charge in [-0.1, -0.05) is 84.9 Å². The number of H-pyrrole nitrogens is 1. The Morgan fingerprint density at radius 3 is 2.27 bits per heavy atom. The topological polar surface area (TPSA) is 70.9 Å². The van der Waals surface area contributed by atoms with Gasteiger partial charge in [0.1, 0.15) is 0 Å². The number of amides is 1. The maximum Gasteiger partial charge on any atom is 0.234 e. The monoisotopic (exact) mass is 393 g/mol. The first-order chi connectivity index (χ1) is 14.7. The van der Waals surface area contributed by atoms with Gasteiger partial charge in [0.05, 0.1) is 12.1 Å². The number of primary amides is 1. The van der Waals surface area contributed by atoms with Crippen molar-refractivity contribution < 1.29 is 4.79 Å². The van der Waals surface area contributed by atoms with Crippen LogP contribution in [-0.4, -0.2) is 16.9 Å². The molecule has 3 aromatic carbocycles. The summed E-state index contributed by atoms with van der Waals surface area (Å²) in [4.78, 5) is 15.6. The van der Waals surface area contributed by atoms with E-state index < -0.39 is 0 Å². The molecule has 0 unspecified atom stereocenters. The van der Waals surface area contributed by atoms with Crippen LogP contribution >= 0.6 is 0 Å². The number of benzene rings is 3. The summed E-state index contributed by atoms with van der Waals surface area (Å²) in [7, 11) is 0. The van der Waals surface area contributed by atoms with Crippen LogP contribution in [0.15, 0.2) is 78.9 Å². The van der Waals surface area contributed by atoms with E-state index in [0.717, 1.165) is 27.7 Å². The summed E-state index contributed by atoms with van der Waals surface area (Å²) in [6.45, 7) is 0. The fourth-order valence-corrected chi connectivity index (χ4v) is 4.24. The summed E-state index contributed by atoms with van der Waals surface area (Å²) >= 11 is 0. The molecule has 0 bridgehead atoms. The van der Waals surface area contributed by atoms with Crippen LogP contribution in [0, 0.1) is 0 Å². The quantitative estimate of drug-likeness (QED) is 0.449. The Labute approximate surface area is 175 Å². The van der Waals surface area contributed by atoms with Crippen molar-refractivity contribution in [1.29, 1.82) is 0 Å². The molecule has 4 heteroatoms. The van der Waals surface area contributed by atoms with Crippen molar-refractivity contribution in [2.75, 3.05) is 0 Å². The molecule has 4 aromatic rings. The number of nitrogens with one attached hydrogen (secondary N) is 2. The number of carbonyl (C=O) groups excluding carboxylic acids is 1. The Morgan fingerprint density at radius 2 is 1.53 bits per heavy atom. The first-order valence-corrected chi connectivity index (χ1v) is 10.2. The van der Waals surface area contributed by atoms with Crippen LogP contribution in [-0.2, 0) is 11.2 Å². The van der Waals surface area contributed by atoms with Crippen LogP contribution in [0.25, 0.3) is 23.1 Å². The molecule has 0 saturated carbocycles. The zero-order chi connectivity index (χ0) is 20.5. The van der Waals surface area contributed by atoms with Gasteiger partial charge >= 0.3 is 0 Å². The molecule has 0 fully saturated rings. The third-order valence-electron chi connectivity index (χ3n) is 5.79. The van der Waals surface area contributed by atoms with E-state index in [1.54, 1.807) is 0 Å².